The molecule has 2 saturated heterocycles. The number of hydrogen-bond donors (Lipinski definition) is 3. The third-order valence-electron chi connectivity index (χ3n) is 5.20. The van der Waals surface area contributed by atoms with E-state index in [9.17, 15) is 0 Å². The zero-order chi connectivity index (χ0) is 14.1. The monoisotopic (exact) mass is 299 g/mol. The van der Waals surface area contributed by atoms with E-state index in [0.717, 1.165) is 5.92 Å². The van der Waals surface area contributed by atoms with Crippen molar-refractivity contribution >= 4 is 11.8 Å². The summed E-state index contributed by atoms with van der Waals surface area (Å²) in [5.41, 5.74) is 3.90. The quantitative estimate of drug-likeness (QED) is 0.714. The molecule has 3 rings (SSSR count). The second-order valence-corrected chi connectivity index (χ2v) is 7.08. The Bertz CT molecular complexity index is 325. The largest absolute Gasteiger partial charge is 0.299 e. The first-order valence-corrected chi connectivity index (χ1v) is 9.37. The van der Waals surface area contributed by atoms with Crippen molar-refractivity contribution in [1.29, 1.82) is 0 Å². The van der Waals surface area contributed by atoms with E-state index in [-0.39, 0.29) is 0 Å². The minimum absolute atomic E-state index is 0.296. The van der Waals surface area contributed by atoms with E-state index in [1.807, 2.05) is 11.8 Å². The lowest BCUT2D eigenvalue weighted by molar-refractivity contribution is -0.00746. The van der Waals surface area contributed by atoms with E-state index in [1.54, 1.807) is 0 Å². The SMILES string of the molecule is CCN(CC)C1CCCC2CN3NC(SC)NC3NC21. The molecule has 116 valence electrons. The molecule has 3 N–H and O–H groups in total. The Morgan fingerprint density at radius 3 is 2.70 bits per heavy atom. The Balaban J connectivity index is 1.70. The van der Waals surface area contributed by atoms with Gasteiger partial charge >= 0.3 is 0 Å². The molecule has 0 aromatic heterocycles. The summed E-state index contributed by atoms with van der Waals surface area (Å²) in [7, 11) is 0. The fraction of sp³-hybridized carbons (Fsp3) is 1.00. The molecule has 0 aromatic carbocycles. The van der Waals surface area contributed by atoms with Gasteiger partial charge in [-0.2, -0.15) is 0 Å². The van der Waals surface area contributed by atoms with Crippen molar-refractivity contribution in [1.82, 2.24) is 26.0 Å². The summed E-state index contributed by atoms with van der Waals surface area (Å²) in [5.74, 6) is 0.778. The number of fused-ring (bicyclic) bond motifs is 2. The summed E-state index contributed by atoms with van der Waals surface area (Å²) in [5, 5.41) is 9.87. The van der Waals surface area contributed by atoms with Gasteiger partial charge in [-0.15, -0.1) is 11.8 Å². The topological polar surface area (TPSA) is 42.6 Å². The highest BCUT2D eigenvalue weighted by atomic mass is 32.2. The molecule has 5 nitrogen and oxygen atoms in total. The van der Waals surface area contributed by atoms with Crippen LogP contribution in [0.5, 0.6) is 0 Å². The van der Waals surface area contributed by atoms with Crippen LogP contribution in [0.1, 0.15) is 33.1 Å². The second-order valence-electron chi connectivity index (χ2n) is 6.14. The molecule has 5 unspecified atom stereocenters. The first-order valence-electron chi connectivity index (χ1n) is 8.08. The summed E-state index contributed by atoms with van der Waals surface area (Å²) in [6.07, 6.45) is 6.54. The third-order valence-corrected chi connectivity index (χ3v) is 5.91. The molecular formula is C14H29N5S. The van der Waals surface area contributed by atoms with Gasteiger partial charge < -0.3 is 0 Å². The number of thioether (sulfide) groups is 1. The molecule has 0 amide bonds. The van der Waals surface area contributed by atoms with E-state index in [4.69, 9.17) is 0 Å². The van der Waals surface area contributed by atoms with Crippen molar-refractivity contribution in [2.45, 2.75) is 57.0 Å². The molecule has 3 aliphatic rings. The predicted molar refractivity (Wildman–Crippen MR) is 85.0 cm³/mol. The van der Waals surface area contributed by atoms with Crippen LogP contribution in [0.2, 0.25) is 0 Å². The zero-order valence-corrected chi connectivity index (χ0v) is 13.7. The van der Waals surface area contributed by atoms with Crippen LogP contribution in [-0.4, -0.2) is 59.7 Å². The van der Waals surface area contributed by atoms with Crippen LogP contribution in [0.25, 0.3) is 0 Å². The first-order chi connectivity index (χ1) is 9.76. The summed E-state index contributed by atoms with van der Waals surface area (Å²) < 4.78 is 0. The van der Waals surface area contributed by atoms with Gasteiger partial charge in [-0.25, -0.2) is 10.4 Å². The number of hydrazine groups is 1. The zero-order valence-electron chi connectivity index (χ0n) is 12.9. The first kappa shape index (κ1) is 15.1. The molecule has 1 aliphatic carbocycles. The Morgan fingerprint density at radius 2 is 2.00 bits per heavy atom. The molecule has 2 heterocycles. The van der Waals surface area contributed by atoms with Crippen LogP contribution in [0, 0.1) is 5.92 Å². The van der Waals surface area contributed by atoms with E-state index in [2.05, 4.69) is 46.1 Å². The van der Waals surface area contributed by atoms with Gasteiger partial charge in [0.2, 0.25) is 0 Å². The lowest BCUT2D eigenvalue weighted by Crippen LogP contribution is -2.68. The van der Waals surface area contributed by atoms with Gasteiger partial charge in [0.1, 0.15) is 11.8 Å². The van der Waals surface area contributed by atoms with Crippen LogP contribution in [-0.2, 0) is 0 Å². The van der Waals surface area contributed by atoms with Gasteiger partial charge in [-0.05, 0) is 38.1 Å². The predicted octanol–water partition coefficient (Wildman–Crippen LogP) is 0.809. The molecule has 5 atom stereocenters. The average Bonchev–Trinajstić information content (AvgIpc) is 2.88. The number of likely N-dealkylation sites (N-methyl/N-ethyl adjacent to an activating group) is 1. The summed E-state index contributed by atoms with van der Waals surface area (Å²) in [4.78, 5) is 2.65. The number of nitrogens with one attached hydrogen (secondary N) is 3. The smallest absolute Gasteiger partial charge is 0.129 e. The highest BCUT2D eigenvalue weighted by molar-refractivity contribution is 7.99. The fourth-order valence-corrected chi connectivity index (χ4v) is 4.67. The van der Waals surface area contributed by atoms with Gasteiger partial charge in [0, 0.05) is 18.6 Å². The van der Waals surface area contributed by atoms with Crippen LogP contribution in [0.3, 0.4) is 0 Å². The summed E-state index contributed by atoms with van der Waals surface area (Å²) >= 11 is 1.83. The molecule has 6 heteroatoms. The number of nitrogens with zero attached hydrogens (tertiary/aromatic N) is 2. The fourth-order valence-electron chi connectivity index (χ4n) is 4.16. The lowest BCUT2D eigenvalue weighted by atomic mass is 9.79. The van der Waals surface area contributed by atoms with Crippen molar-refractivity contribution in [3.8, 4) is 0 Å². The Hall–Kier alpha value is 0.150. The maximum atomic E-state index is 3.88. The van der Waals surface area contributed by atoms with Crippen molar-refractivity contribution < 1.29 is 0 Å². The molecule has 2 aliphatic heterocycles. The maximum absolute atomic E-state index is 3.88. The highest BCUT2D eigenvalue weighted by Crippen LogP contribution is 2.32. The molecule has 20 heavy (non-hydrogen) atoms. The lowest BCUT2D eigenvalue weighted by Gasteiger charge is -2.49. The Labute approximate surface area is 127 Å². The summed E-state index contributed by atoms with van der Waals surface area (Å²) in [6, 6.07) is 1.35. The van der Waals surface area contributed by atoms with Crippen LogP contribution >= 0.6 is 11.8 Å². The molecule has 0 aromatic rings. The van der Waals surface area contributed by atoms with Gasteiger partial charge in [0.15, 0.2) is 0 Å². The standard InChI is InChI=1S/C14H29N5S/c1-4-18(5-2)11-8-6-7-10-9-19-13(15-12(10)11)16-14(17-19)20-3/h10-17H,4-9H2,1-3H3. The van der Waals surface area contributed by atoms with Crippen molar-refractivity contribution in [3.63, 3.8) is 0 Å². The van der Waals surface area contributed by atoms with Crippen molar-refractivity contribution in [2.24, 2.45) is 5.92 Å². The molecule has 0 radical (unpaired) electrons. The average molecular weight is 299 g/mol. The molecule has 0 spiro atoms. The normalized spacial score (nSPS) is 41.7. The van der Waals surface area contributed by atoms with Gasteiger partial charge in [0.25, 0.3) is 0 Å². The minimum Gasteiger partial charge on any atom is -0.299 e. The van der Waals surface area contributed by atoms with Crippen LogP contribution < -0.4 is 16.1 Å². The Morgan fingerprint density at radius 1 is 1.20 bits per heavy atom. The number of hydrogen-bond acceptors (Lipinski definition) is 6. The number of rotatable bonds is 4. The van der Waals surface area contributed by atoms with E-state index < -0.39 is 0 Å². The van der Waals surface area contributed by atoms with Gasteiger partial charge in [0.05, 0.1) is 0 Å². The van der Waals surface area contributed by atoms with Gasteiger partial charge in [-0.1, -0.05) is 20.3 Å². The minimum atomic E-state index is 0.296. The molecule has 0 bridgehead atoms. The Kier molecular flexibility index (Phi) is 4.90. The highest BCUT2D eigenvalue weighted by Gasteiger charge is 2.45. The molecule has 3 fully saturated rings. The molecule has 1 saturated carbocycles. The van der Waals surface area contributed by atoms with E-state index in [1.165, 1.54) is 38.9 Å². The van der Waals surface area contributed by atoms with Crippen molar-refractivity contribution in [2.75, 3.05) is 25.9 Å². The van der Waals surface area contributed by atoms with E-state index >= 15 is 0 Å². The van der Waals surface area contributed by atoms with Crippen molar-refractivity contribution in [3.05, 3.63) is 0 Å². The maximum Gasteiger partial charge on any atom is 0.129 e. The molecular weight excluding hydrogens is 270 g/mol. The van der Waals surface area contributed by atoms with Crippen LogP contribution in [0.4, 0.5) is 0 Å². The third kappa shape index (κ3) is 2.74. The van der Waals surface area contributed by atoms with E-state index in [0.29, 0.717) is 23.9 Å². The van der Waals surface area contributed by atoms with Gasteiger partial charge in [-0.3, -0.25) is 15.5 Å². The summed E-state index contributed by atoms with van der Waals surface area (Å²) in [6.45, 7) is 8.09. The van der Waals surface area contributed by atoms with Crippen LogP contribution in [0.15, 0.2) is 0 Å². The second kappa shape index (κ2) is 6.50.